The molecular formula is C13H13ClF6O. The highest BCUT2D eigenvalue weighted by molar-refractivity contribution is 6.17. The van der Waals surface area contributed by atoms with Crippen LogP contribution in [0.2, 0.25) is 0 Å². The predicted molar refractivity (Wildman–Crippen MR) is 66.5 cm³/mol. The van der Waals surface area contributed by atoms with Gasteiger partial charge in [-0.3, -0.25) is 0 Å². The summed E-state index contributed by atoms with van der Waals surface area (Å²) in [6.45, 7) is 0.0372. The monoisotopic (exact) mass is 334 g/mol. The quantitative estimate of drug-likeness (QED) is 0.378. The summed E-state index contributed by atoms with van der Waals surface area (Å²) in [5.74, 6) is 0.00457. The number of hydrogen-bond donors (Lipinski definition) is 0. The summed E-state index contributed by atoms with van der Waals surface area (Å²) in [6.07, 6.45) is -7.82. The predicted octanol–water partition coefficient (Wildman–Crippen LogP) is 5.51. The second-order valence-electron chi connectivity index (χ2n) is 4.34. The van der Waals surface area contributed by atoms with Crippen molar-refractivity contribution in [3.63, 3.8) is 0 Å². The van der Waals surface area contributed by atoms with Gasteiger partial charge in [0, 0.05) is 5.88 Å². The van der Waals surface area contributed by atoms with Crippen molar-refractivity contribution in [1.29, 1.82) is 0 Å². The van der Waals surface area contributed by atoms with Gasteiger partial charge in [-0.15, -0.1) is 11.6 Å². The van der Waals surface area contributed by atoms with Crippen molar-refractivity contribution in [1.82, 2.24) is 0 Å². The number of halogens is 7. The van der Waals surface area contributed by atoms with Crippen molar-refractivity contribution in [2.24, 2.45) is 0 Å². The van der Waals surface area contributed by atoms with E-state index in [9.17, 15) is 26.3 Å². The molecule has 0 heterocycles. The normalized spacial score (nSPS) is 12.5. The van der Waals surface area contributed by atoms with Crippen molar-refractivity contribution >= 4 is 11.6 Å². The Morgan fingerprint density at radius 3 is 1.76 bits per heavy atom. The van der Waals surface area contributed by atoms with Crippen LogP contribution in [0.4, 0.5) is 26.3 Å². The van der Waals surface area contributed by atoms with E-state index in [0.717, 1.165) is 0 Å². The lowest BCUT2D eigenvalue weighted by Crippen LogP contribution is -2.11. The molecule has 0 spiro atoms. The van der Waals surface area contributed by atoms with E-state index in [2.05, 4.69) is 0 Å². The number of benzene rings is 1. The van der Waals surface area contributed by atoms with Gasteiger partial charge in [-0.2, -0.15) is 26.3 Å². The summed E-state index contributed by atoms with van der Waals surface area (Å²) < 4.78 is 80.5. The van der Waals surface area contributed by atoms with Gasteiger partial charge >= 0.3 is 12.4 Å². The zero-order valence-corrected chi connectivity index (χ0v) is 11.6. The van der Waals surface area contributed by atoms with Crippen LogP contribution in [0.3, 0.4) is 0 Å². The Balaban J connectivity index is 2.88. The first-order valence-electron chi connectivity index (χ1n) is 6.13. The Kier molecular flexibility index (Phi) is 6.19. The van der Waals surface area contributed by atoms with Gasteiger partial charge < -0.3 is 4.74 Å². The van der Waals surface area contributed by atoms with Gasteiger partial charge in [0.05, 0.1) is 17.7 Å². The molecule has 0 saturated carbocycles. The van der Waals surface area contributed by atoms with Gasteiger partial charge in [-0.05, 0) is 37.5 Å². The van der Waals surface area contributed by atoms with Crippen LogP contribution in [-0.4, -0.2) is 12.5 Å². The highest BCUT2D eigenvalue weighted by Gasteiger charge is 2.37. The maximum absolute atomic E-state index is 12.6. The molecule has 1 aromatic rings. The number of alkyl halides is 7. The molecule has 8 heteroatoms. The highest BCUT2D eigenvalue weighted by Crippen LogP contribution is 2.38. The molecule has 0 aliphatic carbocycles. The summed E-state index contributed by atoms with van der Waals surface area (Å²) in [5.41, 5.74) is -2.76. The molecule has 0 saturated heterocycles. The Bertz CT molecular complexity index is 423. The van der Waals surface area contributed by atoms with E-state index in [-0.39, 0.29) is 12.7 Å². The lowest BCUT2D eigenvalue weighted by atomic mass is 10.1. The van der Waals surface area contributed by atoms with Crippen molar-refractivity contribution in [2.45, 2.75) is 31.6 Å². The third-order valence-electron chi connectivity index (χ3n) is 2.61. The molecule has 0 bridgehead atoms. The minimum absolute atomic E-state index is 0.0372. The molecule has 1 aromatic carbocycles. The molecule has 0 unspecified atom stereocenters. The molecule has 0 radical (unpaired) electrons. The summed E-state index contributed by atoms with van der Waals surface area (Å²) in [6, 6.07) is 1.20. The van der Waals surface area contributed by atoms with Crippen LogP contribution in [-0.2, 0) is 12.4 Å². The molecule has 0 amide bonds. The average molecular weight is 335 g/mol. The first kappa shape index (κ1) is 17.9. The van der Waals surface area contributed by atoms with Crippen molar-refractivity contribution in [3.8, 4) is 5.75 Å². The summed E-state index contributed by atoms with van der Waals surface area (Å²) in [4.78, 5) is 0. The largest absolute Gasteiger partial charge is 0.494 e. The van der Waals surface area contributed by atoms with E-state index < -0.39 is 29.2 Å². The van der Waals surface area contributed by atoms with Crippen molar-refractivity contribution in [3.05, 3.63) is 29.3 Å². The van der Waals surface area contributed by atoms with E-state index in [4.69, 9.17) is 16.3 Å². The molecule has 0 fully saturated rings. The minimum Gasteiger partial charge on any atom is -0.494 e. The second-order valence-corrected chi connectivity index (χ2v) is 4.72. The van der Waals surface area contributed by atoms with Crippen LogP contribution in [0.1, 0.15) is 30.4 Å². The van der Waals surface area contributed by atoms with Crippen molar-refractivity contribution < 1.29 is 31.1 Å². The third kappa shape index (κ3) is 6.03. The highest BCUT2D eigenvalue weighted by atomic mass is 35.5. The van der Waals surface area contributed by atoms with Gasteiger partial charge in [0.1, 0.15) is 5.75 Å². The van der Waals surface area contributed by atoms with Crippen LogP contribution in [0.25, 0.3) is 0 Å². The summed E-state index contributed by atoms with van der Waals surface area (Å²) >= 11 is 5.45. The topological polar surface area (TPSA) is 9.23 Å². The van der Waals surface area contributed by atoms with Crippen LogP contribution in [0, 0.1) is 0 Å². The number of hydrogen-bond acceptors (Lipinski definition) is 1. The molecule has 0 N–H and O–H groups in total. The van der Waals surface area contributed by atoms with Crippen LogP contribution in [0.15, 0.2) is 18.2 Å². The van der Waals surface area contributed by atoms with E-state index in [1.54, 1.807) is 0 Å². The maximum Gasteiger partial charge on any atom is 0.416 e. The van der Waals surface area contributed by atoms with E-state index in [1.807, 2.05) is 0 Å². The fourth-order valence-electron chi connectivity index (χ4n) is 1.57. The molecular weight excluding hydrogens is 322 g/mol. The first-order valence-corrected chi connectivity index (χ1v) is 6.66. The molecule has 120 valence electrons. The second kappa shape index (κ2) is 7.24. The number of unbranched alkanes of at least 4 members (excludes halogenated alkanes) is 2. The molecule has 1 rings (SSSR count). The van der Waals surface area contributed by atoms with Crippen LogP contribution in [0.5, 0.6) is 5.75 Å². The first-order chi connectivity index (χ1) is 9.64. The van der Waals surface area contributed by atoms with Crippen LogP contribution < -0.4 is 4.74 Å². The Hall–Kier alpha value is -1.11. The zero-order chi connectivity index (χ0) is 16.1. The molecule has 0 aromatic heterocycles. The number of rotatable bonds is 6. The Labute approximate surface area is 122 Å². The van der Waals surface area contributed by atoms with Crippen molar-refractivity contribution in [2.75, 3.05) is 12.5 Å². The lowest BCUT2D eigenvalue weighted by molar-refractivity contribution is -0.143. The van der Waals surface area contributed by atoms with Gasteiger partial charge in [-0.1, -0.05) is 0 Å². The van der Waals surface area contributed by atoms with Gasteiger partial charge in [0.15, 0.2) is 0 Å². The molecule has 0 atom stereocenters. The fraction of sp³-hybridized carbons (Fsp3) is 0.538. The number of ether oxygens (including phenoxy) is 1. The Morgan fingerprint density at radius 1 is 0.810 bits per heavy atom. The summed E-state index contributed by atoms with van der Waals surface area (Å²) in [5, 5.41) is 0. The average Bonchev–Trinajstić information content (AvgIpc) is 2.36. The maximum atomic E-state index is 12.6. The molecule has 0 aliphatic rings. The van der Waals surface area contributed by atoms with Crippen LogP contribution >= 0.6 is 11.6 Å². The molecule has 0 aliphatic heterocycles. The van der Waals surface area contributed by atoms with E-state index >= 15 is 0 Å². The van der Waals surface area contributed by atoms with Gasteiger partial charge in [0.2, 0.25) is 0 Å². The van der Waals surface area contributed by atoms with E-state index in [1.165, 1.54) is 0 Å². The minimum atomic E-state index is -4.86. The smallest absolute Gasteiger partial charge is 0.416 e. The van der Waals surface area contributed by atoms with Gasteiger partial charge in [-0.25, -0.2) is 0 Å². The van der Waals surface area contributed by atoms with E-state index in [0.29, 0.717) is 37.3 Å². The molecule has 1 nitrogen and oxygen atoms in total. The lowest BCUT2D eigenvalue weighted by Gasteiger charge is -2.14. The SMILES string of the molecule is FC(F)(F)c1cc(OCCCCCCl)cc(C(F)(F)F)c1. The molecule has 21 heavy (non-hydrogen) atoms. The standard InChI is InChI=1S/C13H13ClF6O/c14-4-2-1-3-5-21-11-7-9(12(15,16)17)6-10(8-11)13(18,19)20/h6-8H,1-5H2. The zero-order valence-electron chi connectivity index (χ0n) is 10.8. The summed E-state index contributed by atoms with van der Waals surface area (Å²) in [7, 11) is 0. The fourth-order valence-corrected chi connectivity index (χ4v) is 1.76. The Morgan fingerprint density at radius 2 is 1.33 bits per heavy atom. The third-order valence-corrected chi connectivity index (χ3v) is 2.88. The van der Waals surface area contributed by atoms with Gasteiger partial charge in [0.25, 0.3) is 0 Å².